The van der Waals surface area contributed by atoms with Crippen LogP contribution in [0.15, 0.2) is 78.9 Å². The van der Waals surface area contributed by atoms with Crippen LogP contribution in [0.4, 0.5) is 37.7 Å². The summed E-state index contributed by atoms with van der Waals surface area (Å²) in [4.78, 5) is 22.6. The number of amides is 2. The van der Waals surface area contributed by atoms with E-state index in [1.807, 2.05) is 0 Å². The molecular weight excluding hydrogens is 584 g/mol. The van der Waals surface area contributed by atoms with E-state index in [1.165, 1.54) is 24.3 Å². The zero-order chi connectivity index (χ0) is 32.0. The molecule has 0 spiro atoms. The first-order valence-corrected chi connectivity index (χ1v) is 12.8. The Hall–Kier alpha value is -4.14. The molecule has 2 amide bonds. The number of alkyl halides is 6. The first-order valence-electron chi connectivity index (χ1n) is 12.8. The third kappa shape index (κ3) is 9.17. The topological polar surface area (TPSA) is 134 Å². The molecule has 3 aromatic carbocycles. The van der Waals surface area contributed by atoms with Crippen molar-refractivity contribution in [2.45, 2.75) is 50.1 Å². The van der Waals surface area contributed by atoms with Gasteiger partial charge in [0.05, 0.1) is 0 Å². The highest BCUT2D eigenvalue weighted by atomic mass is 19.4. The van der Waals surface area contributed by atoms with Crippen molar-refractivity contribution in [3.63, 3.8) is 0 Å². The Kier molecular flexibility index (Phi) is 10.4. The molecule has 3 aromatic rings. The van der Waals surface area contributed by atoms with E-state index >= 15 is 0 Å². The Morgan fingerprint density at radius 2 is 1.21 bits per heavy atom. The summed E-state index contributed by atoms with van der Waals surface area (Å²) in [5.74, 6) is -4.43. The van der Waals surface area contributed by atoms with Crippen LogP contribution in [0.1, 0.15) is 30.9 Å². The summed E-state index contributed by atoms with van der Waals surface area (Å²) < 4.78 is 81.4. The Labute approximate surface area is 242 Å². The van der Waals surface area contributed by atoms with Gasteiger partial charge in [0, 0.05) is 11.4 Å². The number of hydrogen-bond acceptors (Lipinski definition) is 6. The molecule has 0 saturated carbocycles. The number of hydrogen-bond donors (Lipinski definition) is 5. The molecule has 0 fully saturated rings. The summed E-state index contributed by atoms with van der Waals surface area (Å²) in [6.07, 6.45) is -12.6. The minimum Gasteiger partial charge on any atom is -0.473 e. The fourth-order valence-corrected chi connectivity index (χ4v) is 4.33. The number of benzene rings is 3. The van der Waals surface area contributed by atoms with E-state index in [1.54, 1.807) is 47.9 Å². The van der Waals surface area contributed by atoms with Crippen molar-refractivity contribution in [3.8, 4) is 5.75 Å². The fraction of sp³-hybridized carbons (Fsp3) is 0.310. The highest BCUT2D eigenvalue weighted by molar-refractivity contribution is 5.95. The maximum atomic E-state index is 12.6. The second-order valence-electron chi connectivity index (χ2n) is 9.93. The van der Waals surface area contributed by atoms with Crippen LogP contribution in [0.5, 0.6) is 5.75 Å². The summed E-state index contributed by atoms with van der Waals surface area (Å²) in [7, 11) is 0. The Bertz CT molecular complexity index is 1300. The molecule has 2 unspecified atom stereocenters. The van der Waals surface area contributed by atoms with Crippen LogP contribution in [0.3, 0.4) is 0 Å². The third-order valence-electron chi connectivity index (χ3n) is 6.44. The average Bonchev–Trinajstić information content (AvgIpc) is 2.93. The van der Waals surface area contributed by atoms with Gasteiger partial charge in [0.25, 0.3) is 0 Å². The maximum absolute atomic E-state index is 12.6. The van der Waals surface area contributed by atoms with E-state index in [9.17, 15) is 46.1 Å². The minimum atomic E-state index is -5.12. The monoisotopic (exact) mass is 613 g/mol. The van der Waals surface area contributed by atoms with Crippen LogP contribution in [0.2, 0.25) is 0 Å². The molecule has 0 saturated heterocycles. The van der Waals surface area contributed by atoms with Crippen LogP contribution >= 0.6 is 0 Å². The quantitative estimate of drug-likeness (QED) is 0.152. The molecular formula is C29H29F6N3O5. The molecule has 0 aromatic heterocycles. The second-order valence-corrected chi connectivity index (χ2v) is 9.93. The van der Waals surface area contributed by atoms with Gasteiger partial charge in [-0.3, -0.25) is 15.3 Å². The molecule has 8 nitrogen and oxygen atoms in total. The number of nitrogens with two attached hydrogens (primary N) is 1. The van der Waals surface area contributed by atoms with Gasteiger partial charge in [0.15, 0.2) is 6.23 Å². The lowest BCUT2D eigenvalue weighted by atomic mass is 9.78. The van der Waals surface area contributed by atoms with Gasteiger partial charge in [0.2, 0.25) is 0 Å². The van der Waals surface area contributed by atoms with Gasteiger partial charge in [-0.25, -0.2) is 0 Å². The van der Waals surface area contributed by atoms with Crippen LogP contribution in [-0.4, -0.2) is 46.7 Å². The normalized spacial score (nSPS) is 14.4. The fourth-order valence-electron chi connectivity index (χ4n) is 4.33. The molecule has 0 radical (unpaired) electrons. The highest BCUT2D eigenvalue weighted by Crippen LogP contribution is 2.38. The van der Waals surface area contributed by atoms with Crippen molar-refractivity contribution in [2.75, 3.05) is 10.6 Å². The Morgan fingerprint density at radius 3 is 1.60 bits per heavy atom. The standard InChI is InChI=1S/C29H29F6N3O5/c1-17(15-23(39)24(36)43-22-5-3-2-4-6-22)16-27(42,18-7-11-20(12-8-18)37-25(40)28(30,31)32)19-9-13-21(14-10-19)38-26(41)29(33,34)35/h2-14,17,23-24,39,42H,15-16,36H2,1H3,(H,37,40)(H,38,41)/t17?,23-,24?/m0/s1. The van der Waals surface area contributed by atoms with E-state index < -0.39 is 48.0 Å². The predicted octanol–water partition coefficient (Wildman–Crippen LogP) is 5.07. The van der Waals surface area contributed by atoms with Crippen molar-refractivity contribution in [2.24, 2.45) is 11.7 Å². The number of halogens is 6. The van der Waals surface area contributed by atoms with Crippen molar-refractivity contribution in [1.82, 2.24) is 0 Å². The zero-order valence-corrected chi connectivity index (χ0v) is 22.6. The van der Waals surface area contributed by atoms with Crippen molar-refractivity contribution >= 4 is 23.2 Å². The highest BCUT2D eigenvalue weighted by Gasteiger charge is 2.40. The zero-order valence-electron chi connectivity index (χ0n) is 22.6. The lowest BCUT2D eigenvalue weighted by molar-refractivity contribution is -0.167. The average molecular weight is 614 g/mol. The van der Waals surface area contributed by atoms with Gasteiger partial charge in [-0.1, -0.05) is 49.4 Å². The van der Waals surface area contributed by atoms with Crippen molar-refractivity contribution < 1.29 is 50.9 Å². The summed E-state index contributed by atoms with van der Waals surface area (Å²) >= 11 is 0. The number of aliphatic hydroxyl groups excluding tert-OH is 1. The van der Waals surface area contributed by atoms with Gasteiger partial charge >= 0.3 is 24.2 Å². The lowest BCUT2D eigenvalue weighted by Crippen LogP contribution is -2.41. The van der Waals surface area contributed by atoms with Crippen LogP contribution < -0.4 is 21.1 Å². The number of nitrogens with one attached hydrogen (secondary N) is 2. The minimum absolute atomic E-state index is 0.0375. The molecule has 6 N–H and O–H groups in total. The number of aliphatic hydroxyl groups is 2. The van der Waals surface area contributed by atoms with E-state index in [-0.39, 0.29) is 35.3 Å². The Balaban J connectivity index is 1.85. The van der Waals surface area contributed by atoms with E-state index in [0.29, 0.717) is 5.75 Å². The predicted molar refractivity (Wildman–Crippen MR) is 145 cm³/mol. The van der Waals surface area contributed by atoms with E-state index in [4.69, 9.17) is 10.5 Å². The van der Waals surface area contributed by atoms with Crippen LogP contribution in [0, 0.1) is 5.92 Å². The number of anilines is 2. The third-order valence-corrected chi connectivity index (χ3v) is 6.44. The van der Waals surface area contributed by atoms with Crippen LogP contribution in [0.25, 0.3) is 0 Å². The van der Waals surface area contributed by atoms with Gasteiger partial charge in [-0.05, 0) is 66.3 Å². The molecule has 0 heterocycles. The first-order chi connectivity index (χ1) is 20.0. The van der Waals surface area contributed by atoms with Crippen molar-refractivity contribution in [3.05, 3.63) is 90.0 Å². The summed E-state index contributed by atoms with van der Waals surface area (Å²) in [5.41, 5.74) is 4.03. The smallest absolute Gasteiger partial charge is 0.471 e. The van der Waals surface area contributed by atoms with Crippen molar-refractivity contribution in [1.29, 1.82) is 0 Å². The van der Waals surface area contributed by atoms with E-state index in [0.717, 1.165) is 24.3 Å². The molecule has 0 aliphatic carbocycles. The number of carbonyl (C=O) groups excluding carboxylic acids is 2. The number of ether oxygens (including phenoxy) is 1. The SMILES string of the molecule is CC(C[C@H](O)C(N)Oc1ccccc1)CC(O)(c1ccc(NC(=O)C(F)(F)F)cc1)c1ccc(NC(=O)C(F)(F)F)cc1. The largest absolute Gasteiger partial charge is 0.473 e. The molecule has 0 aliphatic heterocycles. The Morgan fingerprint density at radius 1 is 0.791 bits per heavy atom. The number of rotatable bonds is 11. The van der Waals surface area contributed by atoms with E-state index in [2.05, 4.69) is 0 Å². The summed E-state index contributed by atoms with van der Waals surface area (Å²) in [6, 6.07) is 18.2. The maximum Gasteiger partial charge on any atom is 0.471 e. The van der Waals surface area contributed by atoms with Gasteiger partial charge in [-0.15, -0.1) is 0 Å². The first kappa shape index (κ1) is 33.4. The molecule has 0 bridgehead atoms. The summed E-state index contributed by atoms with van der Waals surface area (Å²) in [5, 5.41) is 26.0. The number of carbonyl (C=O) groups is 2. The molecule has 14 heteroatoms. The molecule has 0 aliphatic rings. The van der Waals surface area contributed by atoms with Gasteiger partial charge in [-0.2, -0.15) is 26.3 Å². The molecule has 232 valence electrons. The van der Waals surface area contributed by atoms with Crippen LogP contribution in [-0.2, 0) is 15.2 Å². The second kappa shape index (κ2) is 13.4. The lowest BCUT2D eigenvalue weighted by Gasteiger charge is -2.33. The number of para-hydroxylation sites is 1. The van der Waals surface area contributed by atoms with Gasteiger partial charge in [0.1, 0.15) is 17.5 Å². The molecule has 3 rings (SSSR count). The van der Waals surface area contributed by atoms with Gasteiger partial charge < -0.3 is 25.6 Å². The summed E-state index contributed by atoms with van der Waals surface area (Å²) in [6.45, 7) is 1.69. The molecule has 3 atom stereocenters. The molecule has 43 heavy (non-hydrogen) atoms.